The normalized spacial score (nSPS) is 23.4. The van der Waals surface area contributed by atoms with Crippen molar-refractivity contribution in [3.8, 4) is 5.75 Å². The number of esters is 1. The standard InChI is InChI=1S/C13H17NO3/c1-16-13(15)9-4-2-5-10(8-9)17-12-7-3-6-11(12)14/h2,4-5,8,11-12H,3,6-7,14H2,1H3. The highest BCUT2D eigenvalue weighted by Crippen LogP contribution is 2.24. The molecule has 4 heteroatoms. The fraction of sp³-hybridized carbons (Fsp3) is 0.462. The van der Waals surface area contributed by atoms with Crippen LogP contribution in [0, 0.1) is 0 Å². The summed E-state index contributed by atoms with van der Waals surface area (Å²) in [6.45, 7) is 0. The van der Waals surface area contributed by atoms with Crippen molar-refractivity contribution < 1.29 is 14.3 Å². The SMILES string of the molecule is COC(=O)c1cccc(OC2CCCC2N)c1. The van der Waals surface area contributed by atoms with Gasteiger partial charge in [-0.2, -0.15) is 0 Å². The molecule has 0 aliphatic heterocycles. The number of hydrogen-bond donors (Lipinski definition) is 1. The molecule has 2 rings (SSSR count). The fourth-order valence-electron chi connectivity index (χ4n) is 2.09. The molecule has 0 spiro atoms. The predicted octanol–water partition coefficient (Wildman–Crippen LogP) is 1.73. The lowest BCUT2D eigenvalue weighted by molar-refractivity contribution is 0.0600. The highest BCUT2D eigenvalue weighted by molar-refractivity contribution is 5.89. The predicted molar refractivity (Wildman–Crippen MR) is 64.0 cm³/mol. The minimum Gasteiger partial charge on any atom is -0.489 e. The quantitative estimate of drug-likeness (QED) is 0.810. The van der Waals surface area contributed by atoms with Crippen molar-refractivity contribution in [3.05, 3.63) is 29.8 Å². The summed E-state index contributed by atoms with van der Waals surface area (Å²) < 4.78 is 10.5. The van der Waals surface area contributed by atoms with E-state index in [0.717, 1.165) is 19.3 Å². The van der Waals surface area contributed by atoms with Gasteiger partial charge in [-0.25, -0.2) is 4.79 Å². The zero-order valence-corrected chi connectivity index (χ0v) is 9.89. The van der Waals surface area contributed by atoms with Crippen molar-refractivity contribution in [1.29, 1.82) is 0 Å². The first-order valence-corrected chi connectivity index (χ1v) is 5.81. The Morgan fingerprint density at radius 3 is 2.88 bits per heavy atom. The molecule has 1 aliphatic rings. The number of rotatable bonds is 3. The van der Waals surface area contributed by atoms with E-state index in [0.29, 0.717) is 11.3 Å². The van der Waals surface area contributed by atoms with Gasteiger partial charge < -0.3 is 15.2 Å². The molecule has 1 aliphatic carbocycles. The van der Waals surface area contributed by atoms with Crippen molar-refractivity contribution in [3.63, 3.8) is 0 Å². The number of methoxy groups -OCH3 is 1. The van der Waals surface area contributed by atoms with Gasteiger partial charge in [-0.15, -0.1) is 0 Å². The van der Waals surface area contributed by atoms with Crippen molar-refractivity contribution >= 4 is 5.97 Å². The lowest BCUT2D eigenvalue weighted by Crippen LogP contribution is -2.33. The van der Waals surface area contributed by atoms with Crippen molar-refractivity contribution in [1.82, 2.24) is 0 Å². The highest BCUT2D eigenvalue weighted by Gasteiger charge is 2.25. The number of benzene rings is 1. The maximum Gasteiger partial charge on any atom is 0.337 e. The van der Waals surface area contributed by atoms with E-state index in [2.05, 4.69) is 4.74 Å². The van der Waals surface area contributed by atoms with Gasteiger partial charge in [-0.1, -0.05) is 6.07 Å². The van der Waals surface area contributed by atoms with Gasteiger partial charge >= 0.3 is 5.97 Å². The average molecular weight is 235 g/mol. The highest BCUT2D eigenvalue weighted by atomic mass is 16.5. The molecular formula is C13H17NO3. The summed E-state index contributed by atoms with van der Waals surface area (Å²) in [7, 11) is 1.36. The summed E-state index contributed by atoms with van der Waals surface area (Å²) >= 11 is 0. The molecule has 1 aromatic rings. The van der Waals surface area contributed by atoms with E-state index in [1.54, 1.807) is 18.2 Å². The Hall–Kier alpha value is -1.55. The Kier molecular flexibility index (Phi) is 3.64. The van der Waals surface area contributed by atoms with Gasteiger partial charge in [0.15, 0.2) is 0 Å². The summed E-state index contributed by atoms with van der Waals surface area (Å²) in [4.78, 5) is 11.4. The number of carbonyl (C=O) groups excluding carboxylic acids is 1. The summed E-state index contributed by atoms with van der Waals surface area (Å²) in [5, 5.41) is 0. The molecule has 0 heterocycles. The van der Waals surface area contributed by atoms with Crippen LogP contribution >= 0.6 is 0 Å². The van der Waals surface area contributed by atoms with Gasteiger partial charge in [0.1, 0.15) is 11.9 Å². The van der Waals surface area contributed by atoms with Crippen molar-refractivity contribution in [2.75, 3.05) is 7.11 Å². The zero-order chi connectivity index (χ0) is 12.3. The van der Waals surface area contributed by atoms with E-state index in [1.807, 2.05) is 6.07 Å². The van der Waals surface area contributed by atoms with E-state index < -0.39 is 0 Å². The number of ether oxygens (including phenoxy) is 2. The van der Waals surface area contributed by atoms with Gasteiger partial charge in [-0.3, -0.25) is 0 Å². The zero-order valence-electron chi connectivity index (χ0n) is 9.89. The van der Waals surface area contributed by atoms with Crippen LogP contribution in [-0.2, 0) is 4.74 Å². The van der Waals surface area contributed by atoms with E-state index in [9.17, 15) is 4.79 Å². The minimum atomic E-state index is -0.355. The van der Waals surface area contributed by atoms with E-state index in [4.69, 9.17) is 10.5 Å². The molecule has 0 bridgehead atoms. The van der Waals surface area contributed by atoms with Crippen LogP contribution in [0.5, 0.6) is 5.75 Å². The van der Waals surface area contributed by atoms with Crippen molar-refractivity contribution in [2.45, 2.75) is 31.4 Å². The summed E-state index contributed by atoms with van der Waals surface area (Å²) in [5.41, 5.74) is 6.43. The summed E-state index contributed by atoms with van der Waals surface area (Å²) in [6.07, 6.45) is 3.14. The third kappa shape index (κ3) is 2.77. The molecule has 92 valence electrons. The van der Waals surface area contributed by atoms with Crippen LogP contribution in [0.15, 0.2) is 24.3 Å². The van der Waals surface area contributed by atoms with Gasteiger partial charge in [0.2, 0.25) is 0 Å². The summed E-state index contributed by atoms with van der Waals surface area (Å²) in [6, 6.07) is 7.10. The largest absolute Gasteiger partial charge is 0.489 e. The number of nitrogens with two attached hydrogens (primary N) is 1. The molecule has 0 radical (unpaired) electrons. The van der Waals surface area contributed by atoms with Crippen LogP contribution in [0.1, 0.15) is 29.6 Å². The molecule has 4 nitrogen and oxygen atoms in total. The van der Waals surface area contributed by atoms with Crippen molar-refractivity contribution in [2.24, 2.45) is 5.73 Å². The molecule has 0 aromatic heterocycles. The van der Waals surface area contributed by atoms with Crippen LogP contribution in [0.3, 0.4) is 0 Å². The molecule has 1 fully saturated rings. The third-order valence-corrected chi connectivity index (χ3v) is 3.05. The molecule has 17 heavy (non-hydrogen) atoms. The first kappa shape index (κ1) is 11.9. The monoisotopic (exact) mass is 235 g/mol. The molecular weight excluding hydrogens is 218 g/mol. The van der Waals surface area contributed by atoms with E-state index in [1.165, 1.54) is 7.11 Å². The Balaban J connectivity index is 2.08. The van der Waals surface area contributed by atoms with Crippen LogP contribution in [0.2, 0.25) is 0 Å². The van der Waals surface area contributed by atoms with Gasteiger partial charge in [0.05, 0.1) is 12.7 Å². The van der Waals surface area contributed by atoms with Crippen LogP contribution in [0.4, 0.5) is 0 Å². The first-order valence-electron chi connectivity index (χ1n) is 5.81. The minimum absolute atomic E-state index is 0.0582. The smallest absolute Gasteiger partial charge is 0.337 e. The van der Waals surface area contributed by atoms with E-state index >= 15 is 0 Å². The molecule has 1 saturated carbocycles. The Bertz CT molecular complexity index is 405. The second-order valence-electron chi connectivity index (χ2n) is 4.27. The molecule has 2 unspecified atom stereocenters. The molecule has 0 saturated heterocycles. The Morgan fingerprint density at radius 2 is 2.24 bits per heavy atom. The maximum absolute atomic E-state index is 11.4. The second-order valence-corrected chi connectivity index (χ2v) is 4.27. The Morgan fingerprint density at radius 1 is 1.41 bits per heavy atom. The maximum atomic E-state index is 11.4. The lowest BCUT2D eigenvalue weighted by Gasteiger charge is -2.18. The Labute approximate surface area is 101 Å². The fourth-order valence-corrected chi connectivity index (χ4v) is 2.09. The van der Waals surface area contributed by atoms with Gasteiger partial charge in [0.25, 0.3) is 0 Å². The summed E-state index contributed by atoms with van der Waals surface area (Å²) in [5.74, 6) is 0.321. The van der Waals surface area contributed by atoms with Crippen LogP contribution in [-0.4, -0.2) is 25.2 Å². The molecule has 1 aromatic carbocycles. The second kappa shape index (κ2) is 5.19. The van der Waals surface area contributed by atoms with E-state index in [-0.39, 0.29) is 18.1 Å². The van der Waals surface area contributed by atoms with Crippen LogP contribution in [0.25, 0.3) is 0 Å². The topological polar surface area (TPSA) is 61.5 Å². The van der Waals surface area contributed by atoms with Gasteiger partial charge in [-0.05, 0) is 37.5 Å². The van der Waals surface area contributed by atoms with Crippen LogP contribution < -0.4 is 10.5 Å². The molecule has 0 amide bonds. The van der Waals surface area contributed by atoms with Gasteiger partial charge in [0, 0.05) is 6.04 Å². The number of carbonyl (C=O) groups is 1. The molecule has 2 N–H and O–H groups in total. The third-order valence-electron chi connectivity index (χ3n) is 3.05. The lowest BCUT2D eigenvalue weighted by atomic mass is 10.2. The molecule has 2 atom stereocenters. The first-order chi connectivity index (χ1) is 8.20. The average Bonchev–Trinajstić information content (AvgIpc) is 2.74. The number of hydrogen-bond acceptors (Lipinski definition) is 4.